The minimum atomic E-state index is 0.609. The van der Waals surface area contributed by atoms with Gasteiger partial charge in [-0.25, -0.2) is 0 Å². The highest BCUT2D eigenvalue weighted by Crippen LogP contribution is 2.14. The van der Waals surface area contributed by atoms with Crippen molar-refractivity contribution in [3.05, 3.63) is 65.2 Å². The van der Waals surface area contributed by atoms with Crippen LogP contribution in [0.3, 0.4) is 0 Å². The summed E-state index contributed by atoms with van der Waals surface area (Å²) in [6.45, 7) is 9.52. The van der Waals surface area contributed by atoms with Crippen LogP contribution in [0.1, 0.15) is 16.7 Å². The monoisotopic (exact) mass is 340 g/mol. The maximum absolute atomic E-state index is 5.85. The van der Waals surface area contributed by atoms with Gasteiger partial charge in [-0.2, -0.15) is 0 Å². The van der Waals surface area contributed by atoms with E-state index in [0.29, 0.717) is 6.61 Å². The van der Waals surface area contributed by atoms with Crippen molar-refractivity contribution in [2.75, 3.05) is 39.4 Å². The summed E-state index contributed by atoms with van der Waals surface area (Å²) in [5, 5.41) is 3.51. The van der Waals surface area contributed by atoms with Crippen molar-refractivity contribution in [2.24, 2.45) is 0 Å². The second-order valence-corrected chi connectivity index (χ2v) is 6.55. The van der Waals surface area contributed by atoms with E-state index in [0.717, 1.165) is 51.7 Å². The fraction of sp³-hybridized carbons (Fsp3) is 0.429. The first kappa shape index (κ1) is 17.9. The highest BCUT2D eigenvalue weighted by molar-refractivity contribution is 5.28. The molecule has 0 radical (unpaired) electrons. The zero-order chi connectivity index (χ0) is 17.3. The molecule has 1 N–H and O–H groups in total. The Kier molecular flexibility index (Phi) is 6.86. The van der Waals surface area contributed by atoms with Gasteiger partial charge in [0.15, 0.2) is 0 Å². The standard InChI is InChI=1S/C21H28N2O2/c1-18-2-4-20(5-3-18)17-25-21-8-6-19(7-9-21)16-22-10-11-23-12-14-24-15-13-23/h2-9,22H,10-17H2,1H3. The van der Waals surface area contributed by atoms with Crippen LogP contribution in [0.4, 0.5) is 0 Å². The molecule has 4 nitrogen and oxygen atoms in total. The summed E-state index contributed by atoms with van der Waals surface area (Å²) in [6, 6.07) is 16.8. The van der Waals surface area contributed by atoms with Gasteiger partial charge in [0.2, 0.25) is 0 Å². The van der Waals surface area contributed by atoms with Crippen LogP contribution in [0.5, 0.6) is 5.75 Å². The third-order valence-electron chi connectivity index (χ3n) is 4.49. The normalized spacial score (nSPS) is 15.2. The van der Waals surface area contributed by atoms with E-state index in [-0.39, 0.29) is 0 Å². The Hall–Kier alpha value is -1.88. The van der Waals surface area contributed by atoms with Crippen LogP contribution in [0, 0.1) is 6.92 Å². The Bertz CT molecular complexity index is 619. The quantitative estimate of drug-likeness (QED) is 0.749. The highest BCUT2D eigenvalue weighted by Gasteiger charge is 2.08. The molecular weight excluding hydrogens is 312 g/mol. The van der Waals surface area contributed by atoms with Gasteiger partial charge in [0, 0.05) is 32.7 Å². The van der Waals surface area contributed by atoms with Gasteiger partial charge in [0.25, 0.3) is 0 Å². The molecule has 0 amide bonds. The second kappa shape index (κ2) is 9.56. The largest absolute Gasteiger partial charge is 0.489 e. The number of hydrogen-bond donors (Lipinski definition) is 1. The zero-order valence-electron chi connectivity index (χ0n) is 15.0. The first-order valence-corrected chi connectivity index (χ1v) is 9.08. The maximum Gasteiger partial charge on any atom is 0.119 e. The molecule has 1 saturated heterocycles. The molecule has 0 unspecified atom stereocenters. The Morgan fingerprint density at radius 1 is 0.960 bits per heavy atom. The number of rotatable bonds is 8. The molecule has 4 heteroatoms. The van der Waals surface area contributed by atoms with Gasteiger partial charge in [0.1, 0.15) is 12.4 Å². The molecule has 1 fully saturated rings. The van der Waals surface area contributed by atoms with E-state index in [1.807, 2.05) is 12.1 Å². The molecule has 2 aromatic rings. The number of nitrogens with zero attached hydrogens (tertiary/aromatic N) is 1. The number of aryl methyl sites for hydroxylation is 1. The third-order valence-corrected chi connectivity index (χ3v) is 4.49. The molecule has 0 saturated carbocycles. The van der Waals surface area contributed by atoms with E-state index in [2.05, 4.69) is 53.5 Å². The summed E-state index contributed by atoms with van der Waals surface area (Å²) in [6.07, 6.45) is 0. The van der Waals surface area contributed by atoms with Crippen molar-refractivity contribution in [1.82, 2.24) is 10.2 Å². The number of morpholine rings is 1. The van der Waals surface area contributed by atoms with E-state index < -0.39 is 0 Å². The van der Waals surface area contributed by atoms with Gasteiger partial charge < -0.3 is 14.8 Å². The van der Waals surface area contributed by atoms with E-state index >= 15 is 0 Å². The summed E-state index contributed by atoms with van der Waals surface area (Å²) in [5.74, 6) is 0.914. The average molecular weight is 340 g/mol. The highest BCUT2D eigenvalue weighted by atomic mass is 16.5. The molecule has 1 aliphatic heterocycles. The van der Waals surface area contributed by atoms with Gasteiger partial charge in [-0.1, -0.05) is 42.0 Å². The van der Waals surface area contributed by atoms with Gasteiger partial charge >= 0.3 is 0 Å². The summed E-state index contributed by atoms with van der Waals surface area (Å²) >= 11 is 0. The van der Waals surface area contributed by atoms with Crippen LogP contribution < -0.4 is 10.1 Å². The van der Waals surface area contributed by atoms with Crippen molar-refractivity contribution in [1.29, 1.82) is 0 Å². The van der Waals surface area contributed by atoms with Gasteiger partial charge in [-0.3, -0.25) is 4.90 Å². The average Bonchev–Trinajstić information content (AvgIpc) is 2.67. The Balaban J connectivity index is 1.35. The molecule has 0 aliphatic carbocycles. The van der Waals surface area contributed by atoms with Crippen molar-refractivity contribution in [2.45, 2.75) is 20.1 Å². The maximum atomic E-state index is 5.85. The van der Waals surface area contributed by atoms with Crippen molar-refractivity contribution >= 4 is 0 Å². The molecule has 0 aromatic heterocycles. The third kappa shape index (κ3) is 6.16. The van der Waals surface area contributed by atoms with Crippen LogP contribution in [0.15, 0.2) is 48.5 Å². The van der Waals surface area contributed by atoms with E-state index in [4.69, 9.17) is 9.47 Å². The fourth-order valence-electron chi connectivity index (χ4n) is 2.85. The van der Waals surface area contributed by atoms with E-state index in [1.54, 1.807) is 0 Å². The number of nitrogens with one attached hydrogen (secondary N) is 1. The van der Waals surface area contributed by atoms with Crippen LogP contribution in [-0.4, -0.2) is 44.3 Å². The summed E-state index contributed by atoms with van der Waals surface area (Å²) in [4.78, 5) is 2.44. The van der Waals surface area contributed by atoms with Crippen LogP contribution in [0.25, 0.3) is 0 Å². The lowest BCUT2D eigenvalue weighted by molar-refractivity contribution is 0.0384. The smallest absolute Gasteiger partial charge is 0.119 e. The predicted molar refractivity (Wildman–Crippen MR) is 101 cm³/mol. The van der Waals surface area contributed by atoms with Crippen molar-refractivity contribution in [3.63, 3.8) is 0 Å². The zero-order valence-corrected chi connectivity index (χ0v) is 15.0. The molecule has 0 bridgehead atoms. The lowest BCUT2D eigenvalue weighted by Gasteiger charge is -2.26. The molecule has 2 aromatic carbocycles. The lowest BCUT2D eigenvalue weighted by Crippen LogP contribution is -2.40. The minimum absolute atomic E-state index is 0.609. The second-order valence-electron chi connectivity index (χ2n) is 6.55. The molecule has 3 rings (SSSR count). The molecule has 134 valence electrons. The summed E-state index contributed by atoms with van der Waals surface area (Å²) in [5.41, 5.74) is 3.75. The number of hydrogen-bond acceptors (Lipinski definition) is 4. The van der Waals surface area contributed by atoms with Gasteiger partial charge in [-0.05, 0) is 30.2 Å². The van der Waals surface area contributed by atoms with Crippen molar-refractivity contribution in [3.8, 4) is 5.75 Å². The SMILES string of the molecule is Cc1ccc(COc2ccc(CNCCN3CCOCC3)cc2)cc1. The van der Waals surface area contributed by atoms with Crippen LogP contribution in [0.2, 0.25) is 0 Å². The molecule has 0 atom stereocenters. The van der Waals surface area contributed by atoms with Gasteiger partial charge in [0.05, 0.1) is 13.2 Å². The van der Waals surface area contributed by atoms with Crippen LogP contribution >= 0.6 is 0 Å². The molecule has 0 spiro atoms. The fourth-order valence-corrected chi connectivity index (χ4v) is 2.85. The minimum Gasteiger partial charge on any atom is -0.489 e. The molecular formula is C21H28N2O2. The first-order chi connectivity index (χ1) is 12.3. The summed E-state index contributed by atoms with van der Waals surface area (Å²) < 4.78 is 11.2. The molecule has 1 heterocycles. The number of ether oxygens (including phenoxy) is 2. The van der Waals surface area contributed by atoms with Gasteiger partial charge in [-0.15, -0.1) is 0 Å². The lowest BCUT2D eigenvalue weighted by atomic mass is 10.2. The first-order valence-electron chi connectivity index (χ1n) is 9.08. The topological polar surface area (TPSA) is 33.7 Å². The van der Waals surface area contributed by atoms with Crippen LogP contribution in [-0.2, 0) is 17.9 Å². The molecule has 25 heavy (non-hydrogen) atoms. The van der Waals surface area contributed by atoms with E-state index in [1.165, 1.54) is 16.7 Å². The van der Waals surface area contributed by atoms with Crippen molar-refractivity contribution < 1.29 is 9.47 Å². The predicted octanol–water partition coefficient (Wildman–Crippen LogP) is 3.00. The Morgan fingerprint density at radius 2 is 1.64 bits per heavy atom. The number of benzene rings is 2. The summed E-state index contributed by atoms with van der Waals surface area (Å²) in [7, 11) is 0. The molecule has 1 aliphatic rings. The van der Waals surface area contributed by atoms with E-state index in [9.17, 15) is 0 Å². The Morgan fingerprint density at radius 3 is 2.36 bits per heavy atom. The Labute approximate surface area is 150 Å².